The first-order chi connectivity index (χ1) is 14.9. The van der Waals surface area contributed by atoms with Gasteiger partial charge in [0.1, 0.15) is 6.10 Å². The van der Waals surface area contributed by atoms with Crippen LogP contribution in [0.3, 0.4) is 0 Å². The number of nitrogens with one attached hydrogen (secondary N) is 2. The second-order valence-corrected chi connectivity index (χ2v) is 8.33. The van der Waals surface area contributed by atoms with E-state index in [4.69, 9.17) is 14.9 Å². The molecule has 10 nitrogen and oxygen atoms in total. The molecule has 0 unspecified atom stereocenters. The Morgan fingerprint density at radius 1 is 1.35 bits per heavy atom. The molecule has 31 heavy (non-hydrogen) atoms. The molecule has 0 radical (unpaired) electrons. The van der Waals surface area contributed by atoms with Crippen molar-refractivity contribution < 1.29 is 19.4 Å². The van der Waals surface area contributed by atoms with Gasteiger partial charge in [-0.2, -0.15) is 5.10 Å². The molecule has 3 N–H and O–H groups in total. The monoisotopic (exact) mass is 430 g/mol. The first kappa shape index (κ1) is 21.5. The zero-order chi connectivity index (χ0) is 22.0. The molecule has 2 fully saturated rings. The fourth-order valence-corrected chi connectivity index (χ4v) is 4.04. The minimum atomic E-state index is -1.04. The minimum Gasteiger partial charge on any atom is -0.465 e. The van der Waals surface area contributed by atoms with E-state index in [2.05, 4.69) is 20.5 Å². The van der Waals surface area contributed by atoms with Gasteiger partial charge in [-0.1, -0.05) is 0 Å². The number of carbonyl (C=O) groups is 2. The molecule has 2 aromatic rings. The summed E-state index contributed by atoms with van der Waals surface area (Å²) in [7, 11) is 0. The third-order valence-corrected chi connectivity index (χ3v) is 5.81. The predicted octanol–water partition coefficient (Wildman–Crippen LogP) is 1.44. The summed E-state index contributed by atoms with van der Waals surface area (Å²) in [4.78, 5) is 30.5. The summed E-state index contributed by atoms with van der Waals surface area (Å²) >= 11 is 0. The minimum absolute atomic E-state index is 0.119. The maximum absolute atomic E-state index is 12.9. The number of hydrogen-bond donors (Lipinski definition) is 3. The Morgan fingerprint density at radius 3 is 2.90 bits per heavy atom. The van der Waals surface area contributed by atoms with Gasteiger partial charge in [0.25, 0.3) is 5.91 Å². The average molecular weight is 431 g/mol. The van der Waals surface area contributed by atoms with E-state index in [9.17, 15) is 9.59 Å². The molecular weight excluding hydrogens is 400 g/mol. The number of pyridine rings is 1. The second-order valence-electron chi connectivity index (χ2n) is 8.33. The highest BCUT2D eigenvalue weighted by molar-refractivity contribution is 5.83. The van der Waals surface area contributed by atoms with Gasteiger partial charge in [0.2, 0.25) is 0 Å². The Balaban J connectivity index is 1.45. The normalized spacial score (nSPS) is 20.5. The molecule has 0 aromatic carbocycles. The summed E-state index contributed by atoms with van der Waals surface area (Å²) in [5.41, 5.74) is 2.36. The summed E-state index contributed by atoms with van der Waals surface area (Å²) in [6.45, 7) is 6.79. The number of amides is 2. The van der Waals surface area contributed by atoms with Gasteiger partial charge >= 0.3 is 6.09 Å². The Labute approximate surface area is 180 Å². The van der Waals surface area contributed by atoms with Crippen LogP contribution in [0.25, 0.3) is 11.0 Å². The molecule has 2 atom stereocenters. The Hall–Kier alpha value is -2.72. The molecule has 10 heteroatoms. The average Bonchev–Trinajstić information content (AvgIpc) is 3.53. The van der Waals surface area contributed by atoms with Crippen molar-refractivity contribution >= 4 is 23.0 Å². The molecular formula is C21H30N6O4. The summed E-state index contributed by atoms with van der Waals surface area (Å²) in [5, 5.41) is 19.8. The lowest BCUT2D eigenvalue weighted by molar-refractivity contribution is -0.139. The van der Waals surface area contributed by atoms with E-state index in [0.717, 1.165) is 29.0 Å². The van der Waals surface area contributed by atoms with Gasteiger partial charge in [0, 0.05) is 43.3 Å². The first-order valence-corrected chi connectivity index (χ1v) is 10.9. The van der Waals surface area contributed by atoms with Gasteiger partial charge in [0.15, 0.2) is 5.65 Å². The van der Waals surface area contributed by atoms with Crippen LogP contribution < -0.4 is 10.6 Å². The number of nitrogens with zero attached hydrogens (tertiary/aromatic N) is 4. The van der Waals surface area contributed by atoms with Crippen molar-refractivity contribution in [3.05, 3.63) is 23.5 Å². The number of rotatable bonds is 8. The Morgan fingerprint density at radius 2 is 2.16 bits per heavy atom. The van der Waals surface area contributed by atoms with Crippen LogP contribution in [0.5, 0.6) is 0 Å². The molecule has 2 amide bonds. The van der Waals surface area contributed by atoms with E-state index in [1.165, 1.54) is 12.8 Å². The lowest BCUT2D eigenvalue weighted by Crippen LogP contribution is -2.50. The molecule has 1 aliphatic carbocycles. The standard InChI is InChI=1S/C21H30N6O4/c1-13-4-7-16-18(25-27(19(16)23-13)9-3-8-22-21(29)30)14(2)24-20(28)17-12-26(10-11-31-17)15-5-6-15/h4,7,14-15,17,22H,3,5-6,8-12H2,1-2H3,(H,24,28)(H,29,30)/t14-,17-/m1/s1. The molecule has 0 bridgehead atoms. The number of ether oxygens (including phenoxy) is 1. The molecule has 168 valence electrons. The number of aryl methyl sites for hydroxylation is 2. The van der Waals surface area contributed by atoms with E-state index in [1.54, 1.807) is 4.68 Å². The van der Waals surface area contributed by atoms with Gasteiger partial charge < -0.3 is 20.5 Å². The summed E-state index contributed by atoms with van der Waals surface area (Å²) < 4.78 is 7.52. The predicted molar refractivity (Wildman–Crippen MR) is 114 cm³/mol. The van der Waals surface area contributed by atoms with Crippen molar-refractivity contribution in [1.82, 2.24) is 30.3 Å². The van der Waals surface area contributed by atoms with Gasteiger partial charge in [0.05, 0.1) is 18.3 Å². The van der Waals surface area contributed by atoms with E-state index >= 15 is 0 Å². The van der Waals surface area contributed by atoms with Gasteiger partial charge in [-0.05, 0) is 45.2 Å². The number of morpholine rings is 1. The lowest BCUT2D eigenvalue weighted by Gasteiger charge is -2.32. The van der Waals surface area contributed by atoms with Crippen LogP contribution in [-0.4, -0.2) is 75.2 Å². The highest BCUT2D eigenvalue weighted by Gasteiger charge is 2.36. The summed E-state index contributed by atoms with van der Waals surface area (Å²) in [5.74, 6) is -0.119. The molecule has 0 spiro atoms. The highest BCUT2D eigenvalue weighted by Crippen LogP contribution is 2.28. The molecule has 4 rings (SSSR count). The maximum atomic E-state index is 12.9. The van der Waals surface area contributed by atoms with Crippen molar-refractivity contribution in [2.75, 3.05) is 26.2 Å². The largest absolute Gasteiger partial charge is 0.465 e. The second kappa shape index (κ2) is 9.19. The van der Waals surface area contributed by atoms with Crippen LogP contribution in [0.15, 0.2) is 12.1 Å². The zero-order valence-electron chi connectivity index (χ0n) is 18.0. The summed E-state index contributed by atoms with van der Waals surface area (Å²) in [6.07, 6.45) is 1.51. The van der Waals surface area contributed by atoms with E-state index in [0.29, 0.717) is 38.7 Å². The number of hydrogen-bond acceptors (Lipinski definition) is 6. The van der Waals surface area contributed by atoms with E-state index in [-0.39, 0.29) is 11.9 Å². The summed E-state index contributed by atoms with van der Waals surface area (Å²) in [6, 6.07) is 4.20. The SMILES string of the molecule is Cc1ccc2c([C@@H](C)NC(=O)[C@H]3CN(C4CC4)CCO3)nn(CCCNC(=O)O)c2n1. The van der Waals surface area contributed by atoms with Gasteiger partial charge in [-0.15, -0.1) is 0 Å². The quantitative estimate of drug-likeness (QED) is 0.542. The molecule has 2 aliphatic rings. The number of carboxylic acid groups (broad SMARTS) is 1. The van der Waals surface area contributed by atoms with Gasteiger partial charge in [-0.25, -0.2) is 14.5 Å². The van der Waals surface area contributed by atoms with Crippen molar-refractivity contribution in [2.24, 2.45) is 0 Å². The highest BCUT2D eigenvalue weighted by atomic mass is 16.5. The number of aromatic nitrogens is 3. The lowest BCUT2D eigenvalue weighted by atomic mass is 10.1. The molecule has 3 heterocycles. The molecule has 1 saturated heterocycles. The topological polar surface area (TPSA) is 122 Å². The fourth-order valence-electron chi connectivity index (χ4n) is 4.04. The van der Waals surface area contributed by atoms with Crippen molar-refractivity contribution in [2.45, 2.75) is 57.8 Å². The van der Waals surface area contributed by atoms with E-state index < -0.39 is 12.2 Å². The third kappa shape index (κ3) is 5.13. The zero-order valence-corrected chi connectivity index (χ0v) is 18.0. The van der Waals surface area contributed by atoms with Crippen LogP contribution in [0.4, 0.5) is 4.79 Å². The smallest absolute Gasteiger partial charge is 0.404 e. The van der Waals surface area contributed by atoms with E-state index in [1.807, 2.05) is 26.0 Å². The fraction of sp³-hybridized carbons (Fsp3) is 0.619. The number of fused-ring (bicyclic) bond motifs is 1. The van der Waals surface area contributed by atoms with Crippen LogP contribution in [0.1, 0.15) is 43.6 Å². The molecule has 2 aromatic heterocycles. The Kier molecular flexibility index (Phi) is 6.38. The number of carbonyl (C=O) groups excluding carboxylic acids is 1. The molecule has 1 aliphatic heterocycles. The van der Waals surface area contributed by atoms with Crippen LogP contribution in [-0.2, 0) is 16.1 Å². The maximum Gasteiger partial charge on any atom is 0.404 e. The van der Waals surface area contributed by atoms with Crippen LogP contribution in [0.2, 0.25) is 0 Å². The van der Waals surface area contributed by atoms with Crippen LogP contribution in [0, 0.1) is 6.92 Å². The van der Waals surface area contributed by atoms with Crippen LogP contribution >= 0.6 is 0 Å². The van der Waals surface area contributed by atoms with Crippen molar-refractivity contribution in [3.63, 3.8) is 0 Å². The first-order valence-electron chi connectivity index (χ1n) is 10.9. The molecule has 1 saturated carbocycles. The van der Waals surface area contributed by atoms with Crippen molar-refractivity contribution in [3.8, 4) is 0 Å². The Bertz CT molecular complexity index is 957. The third-order valence-electron chi connectivity index (χ3n) is 5.81. The van der Waals surface area contributed by atoms with Gasteiger partial charge in [-0.3, -0.25) is 9.69 Å². The van der Waals surface area contributed by atoms with Crippen molar-refractivity contribution in [1.29, 1.82) is 0 Å².